The molecule has 3 fully saturated rings. The second-order valence-corrected chi connectivity index (χ2v) is 8.39. The first kappa shape index (κ1) is 23.7. The van der Waals surface area contributed by atoms with Crippen LogP contribution in [-0.2, 0) is 4.79 Å². The molecule has 2 aliphatic heterocycles. The van der Waals surface area contributed by atoms with E-state index in [0.717, 1.165) is 64.5 Å². The van der Waals surface area contributed by atoms with E-state index in [4.69, 9.17) is 0 Å². The molecule has 2 saturated heterocycles. The molecule has 0 bridgehead atoms. The van der Waals surface area contributed by atoms with E-state index in [0.29, 0.717) is 11.9 Å². The van der Waals surface area contributed by atoms with Crippen LogP contribution in [0.3, 0.4) is 0 Å². The van der Waals surface area contributed by atoms with Gasteiger partial charge in [-0.25, -0.2) is 0 Å². The molecule has 2 heterocycles. The molecule has 3 aliphatic rings. The molecule has 162 valence electrons. The Kier molecular flexibility index (Phi) is 10.3. The number of likely N-dealkylation sites (N-methyl/N-ethyl adjacent to an activating group) is 1. The minimum atomic E-state index is 0. The fraction of sp³-hybridized carbons (Fsp3) is 0.900. The number of carbonyl (C=O) groups excluding carboxylic acids is 1. The highest BCUT2D eigenvalue weighted by Gasteiger charge is 2.32. The van der Waals surface area contributed by atoms with Crippen molar-refractivity contribution in [2.45, 2.75) is 44.6 Å². The maximum Gasteiger partial charge on any atom is 0.225 e. The molecule has 1 aliphatic carbocycles. The molecule has 0 aromatic carbocycles. The maximum atomic E-state index is 12.6. The zero-order valence-corrected chi connectivity index (χ0v) is 20.0. The first-order valence-corrected chi connectivity index (χ1v) is 10.8. The van der Waals surface area contributed by atoms with Crippen molar-refractivity contribution >= 4 is 35.8 Å². The van der Waals surface area contributed by atoms with Gasteiger partial charge < -0.3 is 25.3 Å². The van der Waals surface area contributed by atoms with Gasteiger partial charge in [0.05, 0.1) is 0 Å². The minimum Gasteiger partial charge on any atom is -0.355 e. The van der Waals surface area contributed by atoms with Crippen molar-refractivity contribution in [3.8, 4) is 0 Å². The Hall–Kier alpha value is -0.610. The normalized spacial score (nSPS) is 25.4. The van der Waals surface area contributed by atoms with E-state index in [9.17, 15) is 4.79 Å². The van der Waals surface area contributed by atoms with Crippen molar-refractivity contribution < 1.29 is 4.79 Å². The SMILES string of the molecule is CN=C(NCCN1CCCN(C)CC1)NC1CCN(C(=O)C2CCCC2)C1.I. The molecule has 3 rings (SSSR count). The smallest absolute Gasteiger partial charge is 0.225 e. The van der Waals surface area contributed by atoms with Crippen LogP contribution in [0.25, 0.3) is 0 Å². The summed E-state index contributed by atoms with van der Waals surface area (Å²) < 4.78 is 0. The molecule has 1 atom stereocenters. The second kappa shape index (κ2) is 12.2. The zero-order valence-electron chi connectivity index (χ0n) is 17.7. The summed E-state index contributed by atoms with van der Waals surface area (Å²) in [5.41, 5.74) is 0. The number of aliphatic imine (C=N–C) groups is 1. The number of nitrogens with zero attached hydrogens (tertiary/aromatic N) is 4. The van der Waals surface area contributed by atoms with Gasteiger partial charge >= 0.3 is 0 Å². The fourth-order valence-electron chi connectivity index (χ4n) is 4.55. The van der Waals surface area contributed by atoms with Gasteiger partial charge in [-0.2, -0.15) is 0 Å². The summed E-state index contributed by atoms with van der Waals surface area (Å²) in [5.74, 6) is 1.53. The first-order valence-electron chi connectivity index (χ1n) is 10.8. The van der Waals surface area contributed by atoms with Crippen LogP contribution in [0.1, 0.15) is 38.5 Å². The van der Waals surface area contributed by atoms with Crippen LogP contribution in [0.4, 0.5) is 0 Å². The number of hydrogen-bond donors (Lipinski definition) is 2. The number of halogens is 1. The Morgan fingerprint density at radius 1 is 1.04 bits per heavy atom. The molecule has 28 heavy (non-hydrogen) atoms. The van der Waals surface area contributed by atoms with E-state index < -0.39 is 0 Å². The number of carbonyl (C=O) groups is 1. The summed E-state index contributed by atoms with van der Waals surface area (Å²) in [6, 6.07) is 0.313. The third-order valence-corrected chi connectivity index (χ3v) is 6.30. The van der Waals surface area contributed by atoms with Gasteiger partial charge in [0.1, 0.15) is 0 Å². The Bertz CT molecular complexity index is 511. The van der Waals surface area contributed by atoms with Gasteiger partial charge in [0.2, 0.25) is 5.91 Å². The van der Waals surface area contributed by atoms with Crippen LogP contribution in [-0.4, -0.2) is 99.1 Å². The lowest BCUT2D eigenvalue weighted by Gasteiger charge is -2.23. The standard InChI is InChI=1S/C20H38N6O.HI/c1-21-20(22-9-13-25-11-5-10-24(2)14-15-25)23-18-8-12-26(16-18)19(27)17-6-3-4-7-17;/h17-18H,3-16H2,1-2H3,(H2,21,22,23);1H. The molecule has 0 radical (unpaired) electrons. The average molecular weight is 506 g/mol. The van der Waals surface area contributed by atoms with Gasteiger partial charge in [0, 0.05) is 58.3 Å². The number of amides is 1. The van der Waals surface area contributed by atoms with Crippen molar-refractivity contribution in [3.63, 3.8) is 0 Å². The van der Waals surface area contributed by atoms with E-state index in [1.54, 1.807) is 0 Å². The predicted octanol–water partition coefficient (Wildman–Crippen LogP) is 1.20. The molecule has 0 aromatic rings. The second-order valence-electron chi connectivity index (χ2n) is 8.39. The highest BCUT2D eigenvalue weighted by molar-refractivity contribution is 14.0. The van der Waals surface area contributed by atoms with Crippen LogP contribution in [0, 0.1) is 5.92 Å². The molecular weight excluding hydrogens is 467 g/mol. The maximum absolute atomic E-state index is 12.6. The van der Waals surface area contributed by atoms with E-state index in [-0.39, 0.29) is 29.9 Å². The lowest BCUT2D eigenvalue weighted by molar-refractivity contribution is -0.134. The highest BCUT2D eigenvalue weighted by atomic mass is 127. The van der Waals surface area contributed by atoms with Gasteiger partial charge in [-0.05, 0) is 45.8 Å². The lowest BCUT2D eigenvalue weighted by Crippen LogP contribution is -2.47. The number of likely N-dealkylation sites (tertiary alicyclic amines) is 1. The molecule has 8 heteroatoms. The van der Waals surface area contributed by atoms with Crippen LogP contribution in [0.15, 0.2) is 4.99 Å². The van der Waals surface area contributed by atoms with Crippen LogP contribution < -0.4 is 10.6 Å². The van der Waals surface area contributed by atoms with Crippen molar-refractivity contribution in [3.05, 3.63) is 0 Å². The summed E-state index contributed by atoms with van der Waals surface area (Å²) >= 11 is 0. The van der Waals surface area contributed by atoms with Gasteiger partial charge in [0.15, 0.2) is 5.96 Å². The number of hydrogen-bond acceptors (Lipinski definition) is 4. The Morgan fingerprint density at radius 3 is 2.57 bits per heavy atom. The van der Waals surface area contributed by atoms with Gasteiger partial charge in [0.25, 0.3) is 0 Å². The highest BCUT2D eigenvalue weighted by Crippen LogP contribution is 2.27. The number of rotatable bonds is 5. The summed E-state index contributed by atoms with van der Waals surface area (Å²) in [6.45, 7) is 8.32. The van der Waals surface area contributed by atoms with Crippen molar-refractivity contribution in [2.24, 2.45) is 10.9 Å². The summed E-state index contributed by atoms with van der Waals surface area (Å²) in [4.78, 5) is 24.0. The Morgan fingerprint density at radius 2 is 1.82 bits per heavy atom. The Labute approximate surface area is 187 Å². The fourth-order valence-corrected chi connectivity index (χ4v) is 4.55. The first-order chi connectivity index (χ1) is 13.2. The molecule has 1 saturated carbocycles. The predicted molar refractivity (Wildman–Crippen MR) is 125 cm³/mol. The molecular formula is C20H39IN6O. The molecule has 1 amide bonds. The van der Waals surface area contributed by atoms with Crippen LogP contribution >= 0.6 is 24.0 Å². The minimum absolute atomic E-state index is 0. The number of guanidine groups is 1. The van der Waals surface area contributed by atoms with Crippen LogP contribution in [0.2, 0.25) is 0 Å². The quantitative estimate of drug-likeness (QED) is 0.334. The third kappa shape index (κ3) is 7.02. The van der Waals surface area contributed by atoms with Crippen molar-refractivity contribution in [1.82, 2.24) is 25.3 Å². The van der Waals surface area contributed by atoms with Crippen molar-refractivity contribution in [1.29, 1.82) is 0 Å². The van der Waals surface area contributed by atoms with Crippen LogP contribution in [0.5, 0.6) is 0 Å². The van der Waals surface area contributed by atoms with E-state index in [1.807, 2.05) is 7.05 Å². The zero-order chi connectivity index (χ0) is 19.1. The van der Waals surface area contributed by atoms with Gasteiger partial charge in [-0.15, -0.1) is 24.0 Å². The van der Waals surface area contributed by atoms with E-state index >= 15 is 0 Å². The van der Waals surface area contributed by atoms with Gasteiger partial charge in [-0.3, -0.25) is 9.79 Å². The van der Waals surface area contributed by atoms with E-state index in [1.165, 1.54) is 32.4 Å². The lowest BCUT2D eigenvalue weighted by atomic mass is 10.1. The van der Waals surface area contributed by atoms with E-state index in [2.05, 4.69) is 37.4 Å². The molecule has 0 spiro atoms. The average Bonchev–Trinajstić information content (AvgIpc) is 3.32. The summed E-state index contributed by atoms with van der Waals surface area (Å²) in [7, 11) is 4.03. The van der Waals surface area contributed by atoms with Gasteiger partial charge in [-0.1, -0.05) is 12.8 Å². The largest absolute Gasteiger partial charge is 0.355 e. The summed E-state index contributed by atoms with van der Waals surface area (Å²) in [5, 5.41) is 6.97. The monoisotopic (exact) mass is 506 g/mol. The molecule has 7 nitrogen and oxygen atoms in total. The molecule has 0 aromatic heterocycles. The molecule has 1 unspecified atom stereocenters. The summed E-state index contributed by atoms with van der Waals surface area (Å²) in [6.07, 6.45) is 6.87. The third-order valence-electron chi connectivity index (χ3n) is 6.30. The van der Waals surface area contributed by atoms with Crippen molar-refractivity contribution in [2.75, 3.05) is 66.5 Å². The molecule has 2 N–H and O–H groups in total. The number of nitrogens with one attached hydrogen (secondary N) is 2. The Balaban J connectivity index is 0.00000280. The topological polar surface area (TPSA) is 63.2 Å².